The van der Waals surface area contributed by atoms with E-state index in [-0.39, 0.29) is 5.56 Å². The molecule has 0 amide bonds. The van der Waals surface area contributed by atoms with E-state index in [0.29, 0.717) is 12.5 Å². The van der Waals surface area contributed by atoms with E-state index < -0.39 is 0 Å². The molecular formula is C27H26N2O2. The maximum atomic E-state index is 12.8. The van der Waals surface area contributed by atoms with Gasteiger partial charge in [0, 0.05) is 41.6 Å². The normalized spacial score (nSPS) is 15.4. The van der Waals surface area contributed by atoms with Gasteiger partial charge in [0.05, 0.1) is 17.6 Å². The summed E-state index contributed by atoms with van der Waals surface area (Å²) in [6, 6.07) is 12.3. The zero-order valence-electron chi connectivity index (χ0n) is 18.1. The summed E-state index contributed by atoms with van der Waals surface area (Å²) >= 11 is 0. The number of hydrogen-bond donors (Lipinski definition) is 0. The monoisotopic (exact) mass is 410 g/mol. The molecule has 1 aliphatic heterocycles. The maximum Gasteiger partial charge on any atom is 0.251 e. The molecule has 2 aliphatic rings. The van der Waals surface area contributed by atoms with E-state index >= 15 is 0 Å². The minimum Gasteiger partial charge on any atom is -0.493 e. The maximum absolute atomic E-state index is 12.8. The van der Waals surface area contributed by atoms with Gasteiger partial charge in [-0.2, -0.15) is 0 Å². The Morgan fingerprint density at radius 1 is 1.16 bits per heavy atom. The number of ether oxygens (including phenoxy) is 1. The molecular weight excluding hydrogens is 384 g/mol. The Morgan fingerprint density at radius 3 is 2.84 bits per heavy atom. The summed E-state index contributed by atoms with van der Waals surface area (Å²) < 4.78 is 7.94. The van der Waals surface area contributed by atoms with Crippen molar-refractivity contribution in [3.8, 4) is 16.9 Å². The third kappa shape index (κ3) is 2.88. The average molecular weight is 411 g/mol. The quantitative estimate of drug-likeness (QED) is 0.450. The van der Waals surface area contributed by atoms with Gasteiger partial charge in [-0.1, -0.05) is 6.92 Å². The first-order valence-electron chi connectivity index (χ1n) is 11.4. The molecule has 1 saturated carbocycles. The minimum absolute atomic E-state index is 0.0948. The number of fused-ring (bicyclic) bond motifs is 1. The Morgan fingerprint density at radius 2 is 2.03 bits per heavy atom. The molecule has 0 spiro atoms. The Balaban J connectivity index is 1.72. The highest BCUT2D eigenvalue weighted by Gasteiger charge is 2.25. The lowest BCUT2D eigenvalue weighted by atomic mass is 9.88. The second-order valence-corrected chi connectivity index (χ2v) is 8.96. The number of pyridine rings is 2. The van der Waals surface area contributed by atoms with Gasteiger partial charge in [0.25, 0.3) is 5.56 Å². The second kappa shape index (κ2) is 6.94. The number of rotatable bonds is 4. The lowest BCUT2D eigenvalue weighted by Gasteiger charge is -2.22. The van der Waals surface area contributed by atoms with E-state index in [1.165, 1.54) is 35.1 Å². The number of aromatic nitrogens is 2. The van der Waals surface area contributed by atoms with Crippen LogP contribution in [0.15, 0.2) is 47.4 Å². The summed E-state index contributed by atoms with van der Waals surface area (Å²) in [5.74, 6) is 1.56. The summed E-state index contributed by atoms with van der Waals surface area (Å²) in [6.07, 6.45) is 6.20. The molecule has 0 radical (unpaired) electrons. The van der Waals surface area contributed by atoms with Crippen molar-refractivity contribution in [2.24, 2.45) is 5.92 Å². The molecule has 3 heterocycles. The predicted molar refractivity (Wildman–Crippen MR) is 125 cm³/mol. The lowest BCUT2D eigenvalue weighted by Crippen LogP contribution is -2.20. The van der Waals surface area contributed by atoms with Crippen LogP contribution in [0, 0.1) is 12.8 Å². The van der Waals surface area contributed by atoms with Crippen LogP contribution in [0.1, 0.15) is 36.5 Å². The van der Waals surface area contributed by atoms with Gasteiger partial charge in [-0.15, -0.1) is 0 Å². The highest BCUT2D eigenvalue weighted by Crippen LogP contribution is 2.42. The molecule has 156 valence electrons. The van der Waals surface area contributed by atoms with Crippen LogP contribution >= 0.6 is 0 Å². The zero-order chi connectivity index (χ0) is 21.1. The van der Waals surface area contributed by atoms with Crippen LogP contribution in [0.4, 0.5) is 0 Å². The van der Waals surface area contributed by atoms with E-state index in [2.05, 4.69) is 38.1 Å². The summed E-state index contributed by atoms with van der Waals surface area (Å²) in [6.45, 7) is 5.91. The molecule has 4 aromatic rings. The molecule has 1 fully saturated rings. The van der Waals surface area contributed by atoms with E-state index in [1.807, 2.05) is 16.8 Å². The van der Waals surface area contributed by atoms with Crippen molar-refractivity contribution in [3.05, 3.63) is 69.6 Å². The first kappa shape index (κ1) is 18.6. The fraction of sp³-hybridized carbons (Fsp3) is 0.333. The van der Waals surface area contributed by atoms with Crippen molar-refractivity contribution in [1.29, 1.82) is 0 Å². The molecule has 6 rings (SSSR count). The smallest absolute Gasteiger partial charge is 0.251 e. The van der Waals surface area contributed by atoms with Crippen molar-refractivity contribution in [2.75, 3.05) is 6.61 Å². The van der Waals surface area contributed by atoms with Crippen LogP contribution in [0.5, 0.6) is 5.75 Å². The van der Waals surface area contributed by atoms with Crippen LogP contribution in [0.2, 0.25) is 0 Å². The van der Waals surface area contributed by atoms with Crippen molar-refractivity contribution in [2.45, 2.75) is 46.1 Å². The van der Waals surface area contributed by atoms with Crippen molar-refractivity contribution < 1.29 is 4.74 Å². The topological polar surface area (TPSA) is 44.1 Å². The Kier molecular flexibility index (Phi) is 4.17. The number of nitrogens with zero attached hydrogens (tertiary/aromatic N) is 2. The van der Waals surface area contributed by atoms with Gasteiger partial charge in [0.15, 0.2) is 0 Å². The SMILES string of the molecule is CCc1c(C)cc2c(ccc(=O)n2CC2CC2)c1-c1ccc2c3c(ccnc13)CCO2. The van der Waals surface area contributed by atoms with Gasteiger partial charge in [0.1, 0.15) is 5.75 Å². The van der Waals surface area contributed by atoms with Gasteiger partial charge in [-0.05, 0) is 84.7 Å². The highest BCUT2D eigenvalue weighted by molar-refractivity contribution is 6.07. The first-order valence-corrected chi connectivity index (χ1v) is 11.4. The van der Waals surface area contributed by atoms with Crippen molar-refractivity contribution in [1.82, 2.24) is 9.55 Å². The summed E-state index contributed by atoms with van der Waals surface area (Å²) in [7, 11) is 0. The van der Waals surface area contributed by atoms with E-state index in [9.17, 15) is 4.79 Å². The molecule has 0 bridgehead atoms. The number of aryl methyl sites for hydroxylation is 1. The van der Waals surface area contributed by atoms with Crippen LogP contribution in [0.25, 0.3) is 32.9 Å². The molecule has 4 nitrogen and oxygen atoms in total. The lowest BCUT2D eigenvalue weighted by molar-refractivity contribution is 0.318. The minimum atomic E-state index is 0.0948. The van der Waals surface area contributed by atoms with Crippen molar-refractivity contribution in [3.63, 3.8) is 0 Å². The van der Waals surface area contributed by atoms with Gasteiger partial charge >= 0.3 is 0 Å². The standard InChI is InChI=1S/C27H26N2O2/c1-3-19-16(2)14-22-20(7-9-24(30)29(22)15-17-4-5-17)26(19)21-6-8-23-25-18(11-13-31-23)10-12-28-27(21)25/h6-10,12,14,17H,3-5,11,13,15H2,1-2H3. The van der Waals surface area contributed by atoms with Crippen LogP contribution in [-0.2, 0) is 19.4 Å². The Bertz CT molecular complexity index is 1400. The summed E-state index contributed by atoms with van der Waals surface area (Å²) in [5.41, 5.74) is 8.33. The average Bonchev–Trinajstić information content (AvgIpc) is 3.60. The van der Waals surface area contributed by atoms with Crippen LogP contribution in [0.3, 0.4) is 0 Å². The van der Waals surface area contributed by atoms with Gasteiger partial charge < -0.3 is 9.30 Å². The molecule has 31 heavy (non-hydrogen) atoms. The largest absolute Gasteiger partial charge is 0.493 e. The van der Waals surface area contributed by atoms with E-state index in [4.69, 9.17) is 9.72 Å². The Labute approximate surface area is 181 Å². The number of benzene rings is 2. The molecule has 0 N–H and O–H groups in total. The van der Waals surface area contributed by atoms with Gasteiger partial charge in [-0.3, -0.25) is 9.78 Å². The van der Waals surface area contributed by atoms with E-state index in [1.54, 1.807) is 6.07 Å². The van der Waals surface area contributed by atoms with Crippen molar-refractivity contribution >= 4 is 21.8 Å². The second-order valence-electron chi connectivity index (χ2n) is 8.96. The van der Waals surface area contributed by atoms with Gasteiger partial charge in [-0.25, -0.2) is 0 Å². The molecule has 0 atom stereocenters. The molecule has 2 aromatic carbocycles. The molecule has 4 heteroatoms. The number of hydrogen-bond acceptors (Lipinski definition) is 3. The fourth-order valence-electron chi connectivity index (χ4n) is 5.23. The summed E-state index contributed by atoms with van der Waals surface area (Å²) in [4.78, 5) is 17.6. The first-order chi connectivity index (χ1) is 15.2. The third-order valence-corrected chi connectivity index (χ3v) is 6.96. The third-order valence-electron chi connectivity index (χ3n) is 6.96. The highest BCUT2D eigenvalue weighted by atomic mass is 16.5. The molecule has 2 aromatic heterocycles. The molecule has 1 aliphatic carbocycles. The van der Waals surface area contributed by atoms with Crippen LogP contribution in [-0.4, -0.2) is 16.2 Å². The Hall–Kier alpha value is -3.14. The van der Waals surface area contributed by atoms with Crippen LogP contribution < -0.4 is 10.3 Å². The molecule has 0 saturated heterocycles. The predicted octanol–water partition coefficient (Wildman–Crippen LogP) is 5.43. The molecule has 0 unspecified atom stereocenters. The van der Waals surface area contributed by atoms with Gasteiger partial charge in [0.2, 0.25) is 0 Å². The summed E-state index contributed by atoms with van der Waals surface area (Å²) in [5, 5.41) is 2.27. The fourth-order valence-corrected chi connectivity index (χ4v) is 5.23. The zero-order valence-corrected chi connectivity index (χ0v) is 18.1. The van der Waals surface area contributed by atoms with E-state index in [0.717, 1.165) is 52.5 Å².